The molecule has 0 atom stereocenters. The molecule has 5 aromatic carbocycles. The average molecular weight is 376 g/mol. The number of hydrogen-bond acceptors (Lipinski definition) is 1. The molecule has 6 rings (SSSR count). The van der Waals surface area contributed by atoms with Gasteiger partial charge in [-0.1, -0.05) is 61.4 Å². The van der Waals surface area contributed by atoms with Crippen molar-refractivity contribution in [3.05, 3.63) is 70.8 Å². The number of aldehydes is 1. The van der Waals surface area contributed by atoms with Crippen LogP contribution in [0.1, 0.15) is 58.6 Å². The number of carbonyl (C=O) groups excluding carboxylic acids is 1. The Bertz CT molecular complexity index is 1410. The Morgan fingerprint density at radius 1 is 0.655 bits per heavy atom. The van der Waals surface area contributed by atoms with Gasteiger partial charge in [0, 0.05) is 5.56 Å². The topological polar surface area (TPSA) is 17.1 Å². The van der Waals surface area contributed by atoms with Gasteiger partial charge in [-0.3, -0.25) is 4.79 Å². The molecule has 1 heteroatoms. The number of rotatable bonds is 2. The molecule has 0 aliphatic heterocycles. The summed E-state index contributed by atoms with van der Waals surface area (Å²) in [5, 5.41) is 10.4. The molecule has 0 amide bonds. The van der Waals surface area contributed by atoms with E-state index in [1.165, 1.54) is 80.1 Å². The summed E-state index contributed by atoms with van der Waals surface area (Å²) in [4.78, 5) is 11.8. The molecule has 1 fully saturated rings. The lowest BCUT2D eigenvalue weighted by Crippen LogP contribution is -1.98. The maximum absolute atomic E-state index is 11.8. The van der Waals surface area contributed by atoms with Crippen molar-refractivity contribution in [3.63, 3.8) is 0 Å². The Labute approximate surface area is 170 Å². The summed E-state index contributed by atoms with van der Waals surface area (Å²) in [5.41, 5.74) is 4.88. The first-order valence-electron chi connectivity index (χ1n) is 10.8. The molecule has 0 radical (unpaired) electrons. The van der Waals surface area contributed by atoms with Crippen molar-refractivity contribution in [1.29, 1.82) is 0 Å². The second kappa shape index (κ2) is 6.03. The first-order valence-corrected chi connectivity index (χ1v) is 10.8. The van der Waals surface area contributed by atoms with Crippen LogP contribution in [-0.4, -0.2) is 6.29 Å². The Morgan fingerprint density at radius 2 is 1.17 bits per heavy atom. The van der Waals surface area contributed by atoms with Crippen molar-refractivity contribution >= 4 is 49.4 Å². The first-order chi connectivity index (χ1) is 14.2. The Hall–Kier alpha value is -2.93. The van der Waals surface area contributed by atoms with Crippen molar-refractivity contribution in [2.75, 3.05) is 0 Å². The normalized spacial score (nSPS) is 15.4. The van der Waals surface area contributed by atoms with Crippen LogP contribution in [0.4, 0.5) is 0 Å². The van der Waals surface area contributed by atoms with E-state index in [0.29, 0.717) is 5.92 Å². The Kier molecular flexibility index (Phi) is 3.53. The van der Waals surface area contributed by atoms with Crippen molar-refractivity contribution in [2.45, 2.75) is 45.4 Å². The van der Waals surface area contributed by atoms with Gasteiger partial charge >= 0.3 is 0 Å². The predicted octanol–water partition coefficient (Wildman–Crippen LogP) is 7.82. The smallest absolute Gasteiger partial charge is 0.150 e. The van der Waals surface area contributed by atoms with Gasteiger partial charge in [-0.05, 0) is 92.4 Å². The van der Waals surface area contributed by atoms with E-state index in [0.717, 1.165) is 17.2 Å². The minimum atomic E-state index is 0.690. The van der Waals surface area contributed by atoms with Gasteiger partial charge < -0.3 is 0 Å². The zero-order valence-electron chi connectivity index (χ0n) is 17.0. The van der Waals surface area contributed by atoms with Crippen LogP contribution >= 0.6 is 0 Å². The van der Waals surface area contributed by atoms with E-state index >= 15 is 0 Å². The molecule has 5 aromatic rings. The second-order valence-electron chi connectivity index (χ2n) is 8.86. The lowest BCUT2D eigenvalue weighted by atomic mass is 9.82. The van der Waals surface area contributed by atoms with Crippen LogP contribution in [0.2, 0.25) is 0 Å². The summed E-state index contributed by atoms with van der Waals surface area (Å²) in [5.74, 6) is 0.690. The molecule has 1 aliphatic rings. The fourth-order valence-corrected chi connectivity index (χ4v) is 5.97. The zero-order valence-corrected chi connectivity index (χ0v) is 17.0. The van der Waals surface area contributed by atoms with Gasteiger partial charge in [0.25, 0.3) is 0 Å². The van der Waals surface area contributed by atoms with E-state index in [9.17, 15) is 4.79 Å². The first kappa shape index (κ1) is 17.0. The summed E-state index contributed by atoms with van der Waals surface area (Å²) < 4.78 is 0. The summed E-state index contributed by atoms with van der Waals surface area (Å²) in [6.45, 7) is 4.37. The molecule has 0 aromatic heterocycles. The van der Waals surface area contributed by atoms with Gasteiger partial charge in [-0.15, -0.1) is 0 Å². The molecule has 0 heterocycles. The SMILES string of the molecule is Cc1ccc2c3ccc(C4CCCC4)c4c(C)ccc(c5ccc(C=O)c1c52)c43. The van der Waals surface area contributed by atoms with Crippen LogP contribution in [0.3, 0.4) is 0 Å². The van der Waals surface area contributed by atoms with Gasteiger partial charge in [-0.2, -0.15) is 0 Å². The minimum absolute atomic E-state index is 0.690. The van der Waals surface area contributed by atoms with E-state index in [1.54, 1.807) is 0 Å². The monoisotopic (exact) mass is 376 g/mol. The molecule has 0 bridgehead atoms. The van der Waals surface area contributed by atoms with E-state index < -0.39 is 0 Å². The molecule has 29 heavy (non-hydrogen) atoms. The molecule has 0 N–H and O–H groups in total. The number of carbonyl (C=O) groups is 1. The second-order valence-corrected chi connectivity index (χ2v) is 8.86. The van der Waals surface area contributed by atoms with Crippen LogP contribution in [0.15, 0.2) is 48.5 Å². The molecule has 0 unspecified atom stereocenters. The molecular formula is C28H24O. The molecule has 142 valence electrons. The maximum Gasteiger partial charge on any atom is 0.150 e. The van der Waals surface area contributed by atoms with Gasteiger partial charge in [0.1, 0.15) is 0 Å². The lowest BCUT2D eigenvalue weighted by molar-refractivity contribution is 0.112. The number of hydrogen-bond donors (Lipinski definition) is 0. The molecule has 1 aliphatic carbocycles. The largest absolute Gasteiger partial charge is 0.298 e. The van der Waals surface area contributed by atoms with E-state index in [-0.39, 0.29) is 0 Å². The minimum Gasteiger partial charge on any atom is -0.298 e. The summed E-state index contributed by atoms with van der Waals surface area (Å²) in [7, 11) is 0. The van der Waals surface area contributed by atoms with Crippen LogP contribution < -0.4 is 0 Å². The standard InChI is InChI=1S/C28H24O/c1-16-7-10-21-24-14-13-20(18-5-3-4-6-18)26-17(2)8-11-22(28(24)26)23-12-9-19(15-29)25(16)27(21)23/h7-15,18H,3-6H2,1-2H3. The van der Waals surface area contributed by atoms with Crippen molar-refractivity contribution in [3.8, 4) is 0 Å². The third kappa shape index (κ3) is 2.19. The number of fused-ring (bicyclic) bond motifs is 2. The fourth-order valence-electron chi connectivity index (χ4n) is 5.97. The van der Waals surface area contributed by atoms with Gasteiger partial charge in [0.05, 0.1) is 0 Å². The van der Waals surface area contributed by atoms with Crippen LogP contribution in [0, 0.1) is 13.8 Å². The molecular weight excluding hydrogens is 352 g/mol. The van der Waals surface area contributed by atoms with Gasteiger partial charge in [-0.25, -0.2) is 0 Å². The highest BCUT2D eigenvalue weighted by atomic mass is 16.1. The number of aryl methyl sites for hydroxylation is 2. The fraction of sp³-hybridized carbons (Fsp3) is 0.250. The third-order valence-corrected chi connectivity index (χ3v) is 7.30. The Morgan fingerprint density at radius 3 is 1.79 bits per heavy atom. The molecule has 1 saturated carbocycles. The predicted molar refractivity (Wildman–Crippen MR) is 124 cm³/mol. The van der Waals surface area contributed by atoms with E-state index in [4.69, 9.17) is 0 Å². The van der Waals surface area contributed by atoms with Crippen molar-refractivity contribution in [2.24, 2.45) is 0 Å². The summed E-state index contributed by atoms with van der Waals surface area (Å²) in [6, 6.07) is 17.9. The van der Waals surface area contributed by atoms with Crippen LogP contribution in [0.25, 0.3) is 43.1 Å². The van der Waals surface area contributed by atoms with Crippen molar-refractivity contribution in [1.82, 2.24) is 0 Å². The van der Waals surface area contributed by atoms with Crippen LogP contribution in [-0.2, 0) is 0 Å². The lowest BCUT2D eigenvalue weighted by Gasteiger charge is -2.21. The third-order valence-electron chi connectivity index (χ3n) is 7.30. The maximum atomic E-state index is 11.8. The Balaban J connectivity index is 1.89. The summed E-state index contributed by atoms with van der Waals surface area (Å²) in [6.07, 6.45) is 6.32. The highest BCUT2D eigenvalue weighted by Gasteiger charge is 2.23. The quantitative estimate of drug-likeness (QED) is 0.174. The number of benzene rings is 5. The van der Waals surface area contributed by atoms with Gasteiger partial charge in [0.15, 0.2) is 6.29 Å². The van der Waals surface area contributed by atoms with Gasteiger partial charge in [0.2, 0.25) is 0 Å². The average Bonchev–Trinajstić information content (AvgIpc) is 3.28. The van der Waals surface area contributed by atoms with E-state index in [2.05, 4.69) is 56.3 Å². The van der Waals surface area contributed by atoms with E-state index in [1.807, 2.05) is 6.07 Å². The molecule has 0 saturated heterocycles. The van der Waals surface area contributed by atoms with Crippen LogP contribution in [0.5, 0.6) is 0 Å². The summed E-state index contributed by atoms with van der Waals surface area (Å²) >= 11 is 0. The molecule has 0 spiro atoms. The highest BCUT2D eigenvalue weighted by molar-refractivity contribution is 6.34. The zero-order chi connectivity index (χ0) is 19.7. The molecule has 1 nitrogen and oxygen atoms in total. The highest BCUT2D eigenvalue weighted by Crippen LogP contribution is 2.46. The van der Waals surface area contributed by atoms with Crippen molar-refractivity contribution < 1.29 is 4.79 Å².